The van der Waals surface area contributed by atoms with Gasteiger partial charge in [-0.25, -0.2) is 9.37 Å². The predicted octanol–water partition coefficient (Wildman–Crippen LogP) is 1.95. The molecule has 0 atom stereocenters. The highest BCUT2D eigenvalue weighted by atomic mass is 35.5. The molecule has 1 aromatic heterocycles. The van der Waals surface area contributed by atoms with E-state index < -0.39 is 29.1 Å². The number of amidine groups is 1. The van der Waals surface area contributed by atoms with Gasteiger partial charge in [0.1, 0.15) is 11.5 Å². The number of halogens is 5. The Morgan fingerprint density at radius 3 is 2.27 bits per heavy atom. The molecule has 0 unspecified atom stereocenters. The summed E-state index contributed by atoms with van der Waals surface area (Å²) in [6.45, 7) is 0. The minimum absolute atomic E-state index is 0. The standard InChI is InChI=1S/C7H5F4N3.ClH/c8-4-1-3(7(9,10)11)2-14-5(4)6(12)13;/h1-2H,(H3,12,13);1H. The van der Waals surface area contributed by atoms with Gasteiger partial charge in [-0.2, -0.15) is 13.2 Å². The van der Waals surface area contributed by atoms with E-state index in [1.165, 1.54) is 0 Å². The average Bonchev–Trinajstić information content (AvgIpc) is 2.01. The van der Waals surface area contributed by atoms with Crippen molar-refractivity contribution in [2.24, 2.45) is 5.73 Å². The first-order valence-electron chi connectivity index (χ1n) is 3.39. The van der Waals surface area contributed by atoms with E-state index in [9.17, 15) is 17.6 Å². The minimum atomic E-state index is -4.65. The molecule has 0 saturated heterocycles. The fourth-order valence-corrected chi connectivity index (χ4v) is 0.791. The van der Waals surface area contributed by atoms with Gasteiger partial charge < -0.3 is 5.73 Å². The number of pyridine rings is 1. The minimum Gasteiger partial charge on any atom is -0.382 e. The normalized spacial score (nSPS) is 10.7. The van der Waals surface area contributed by atoms with Crippen LogP contribution < -0.4 is 5.73 Å². The van der Waals surface area contributed by atoms with Crippen LogP contribution in [0.2, 0.25) is 0 Å². The molecule has 3 N–H and O–H groups in total. The molecule has 0 amide bonds. The van der Waals surface area contributed by atoms with Gasteiger partial charge in [0, 0.05) is 6.20 Å². The summed E-state index contributed by atoms with van der Waals surface area (Å²) in [5, 5.41) is 6.80. The summed E-state index contributed by atoms with van der Waals surface area (Å²) in [4.78, 5) is 3.10. The maximum Gasteiger partial charge on any atom is 0.417 e. The van der Waals surface area contributed by atoms with Gasteiger partial charge in [0.2, 0.25) is 0 Å². The van der Waals surface area contributed by atoms with E-state index in [1.54, 1.807) is 0 Å². The lowest BCUT2D eigenvalue weighted by atomic mass is 10.2. The number of rotatable bonds is 1. The third-order valence-electron chi connectivity index (χ3n) is 1.42. The lowest BCUT2D eigenvalue weighted by molar-refractivity contribution is -0.138. The van der Waals surface area contributed by atoms with Crippen molar-refractivity contribution in [1.82, 2.24) is 4.98 Å². The highest BCUT2D eigenvalue weighted by Crippen LogP contribution is 2.29. The Morgan fingerprint density at radius 2 is 1.93 bits per heavy atom. The average molecular weight is 244 g/mol. The van der Waals surface area contributed by atoms with Crippen LogP contribution in [0.4, 0.5) is 17.6 Å². The van der Waals surface area contributed by atoms with E-state index >= 15 is 0 Å². The Bertz CT molecular complexity index is 377. The zero-order valence-corrected chi connectivity index (χ0v) is 7.92. The lowest BCUT2D eigenvalue weighted by Crippen LogP contribution is -2.17. The Hall–Kier alpha value is -1.37. The van der Waals surface area contributed by atoms with Crippen LogP contribution in [0.1, 0.15) is 11.3 Å². The number of hydrogen-bond donors (Lipinski definition) is 2. The molecule has 1 aromatic rings. The van der Waals surface area contributed by atoms with Gasteiger partial charge in [-0.3, -0.25) is 5.41 Å². The van der Waals surface area contributed by atoms with Crippen LogP contribution >= 0.6 is 12.4 Å². The van der Waals surface area contributed by atoms with Crippen molar-refractivity contribution in [2.45, 2.75) is 6.18 Å². The van der Waals surface area contributed by atoms with Crippen LogP contribution in [0.3, 0.4) is 0 Å². The van der Waals surface area contributed by atoms with Gasteiger partial charge in [0.15, 0.2) is 5.82 Å². The first-order valence-corrected chi connectivity index (χ1v) is 3.39. The SMILES string of the molecule is Cl.N=C(N)c1ncc(C(F)(F)F)cc1F. The summed E-state index contributed by atoms with van der Waals surface area (Å²) in [6.07, 6.45) is -4.22. The van der Waals surface area contributed by atoms with Gasteiger partial charge in [-0.15, -0.1) is 12.4 Å². The first kappa shape index (κ1) is 13.6. The van der Waals surface area contributed by atoms with Gasteiger partial charge in [0.05, 0.1) is 5.56 Å². The van der Waals surface area contributed by atoms with E-state index in [4.69, 9.17) is 11.1 Å². The molecule has 0 bridgehead atoms. The predicted molar refractivity (Wildman–Crippen MR) is 47.5 cm³/mol. The Kier molecular flexibility index (Phi) is 4.03. The van der Waals surface area contributed by atoms with E-state index in [0.29, 0.717) is 6.20 Å². The molecule has 0 aliphatic rings. The molecule has 84 valence electrons. The maximum absolute atomic E-state index is 12.8. The number of nitrogens with zero attached hydrogens (tertiary/aromatic N) is 1. The topological polar surface area (TPSA) is 62.8 Å². The molecular weight excluding hydrogens is 238 g/mol. The summed E-state index contributed by atoms with van der Waals surface area (Å²) in [6, 6.07) is 0.254. The van der Waals surface area contributed by atoms with Crippen LogP contribution in [0.25, 0.3) is 0 Å². The van der Waals surface area contributed by atoms with Crippen molar-refractivity contribution >= 4 is 18.2 Å². The van der Waals surface area contributed by atoms with Gasteiger partial charge >= 0.3 is 6.18 Å². The third-order valence-corrected chi connectivity index (χ3v) is 1.42. The molecule has 0 aromatic carbocycles. The second kappa shape index (κ2) is 4.43. The molecule has 0 saturated carbocycles. The smallest absolute Gasteiger partial charge is 0.382 e. The fourth-order valence-electron chi connectivity index (χ4n) is 0.791. The molecule has 15 heavy (non-hydrogen) atoms. The number of nitrogens with one attached hydrogen (secondary N) is 1. The van der Waals surface area contributed by atoms with Crippen LogP contribution in [0.5, 0.6) is 0 Å². The molecule has 0 aliphatic carbocycles. The van der Waals surface area contributed by atoms with Crippen LogP contribution in [0, 0.1) is 11.2 Å². The maximum atomic E-state index is 12.8. The number of nitrogens with two attached hydrogens (primary N) is 1. The number of alkyl halides is 3. The number of nitrogen functional groups attached to an aromatic ring is 1. The van der Waals surface area contributed by atoms with Gasteiger partial charge in [0.25, 0.3) is 0 Å². The Morgan fingerprint density at radius 1 is 1.40 bits per heavy atom. The summed E-state index contributed by atoms with van der Waals surface area (Å²) < 4.78 is 48.9. The van der Waals surface area contributed by atoms with Crippen LogP contribution in [0.15, 0.2) is 12.3 Å². The largest absolute Gasteiger partial charge is 0.417 e. The third kappa shape index (κ3) is 3.05. The highest BCUT2D eigenvalue weighted by molar-refractivity contribution is 5.93. The molecule has 0 fully saturated rings. The van der Waals surface area contributed by atoms with Crippen molar-refractivity contribution < 1.29 is 17.6 Å². The highest BCUT2D eigenvalue weighted by Gasteiger charge is 2.32. The molecule has 8 heteroatoms. The van der Waals surface area contributed by atoms with Crippen LogP contribution in [-0.2, 0) is 6.18 Å². The van der Waals surface area contributed by atoms with E-state index in [1.807, 2.05) is 0 Å². The molecule has 1 heterocycles. The zero-order valence-electron chi connectivity index (χ0n) is 7.10. The van der Waals surface area contributed by atoms with Crippen molar-refractivity contribution in [3.63, 3.8) is 0 Å². The van der Waals surface area contributed by atoms with Gasteiger partial charge in [-0.05, 0) is 6.07 Å². The summed E-state index contributed by atoms with van der Waals surface area (Å²) in [5.74, 6) is -1.97. The van der Waals surface area contributed by atoms with Crippen molar-refractivity contribution in [3.05, 3.63) is 29.3 Å². The van der Waals surface area contributed by atoms with Gasteiger partial charge in [-0.1, -0.05) is 0 Å². The van der Waals surface area contributed by atoms with E-state index in [-0.39, 0.29) is 18.5 Å². The zero-order chi connectivity index (χ0) is 10.9. The lowest BCUT2D eigenvalue weighted by Gasteiger charge is -2.07. The summed E-state index contributed by atoms with van der Waals surface area (Å²) in [5.41, 5.74) is 3.08. The Labute approximate surface area is 88.2 Å². The van der Waals surface area contributed by atoms with Crippen LogP contribution in [-0.4, -0.2) is 10.8 Å². The molecule has 1 rings (SSSR count). The monoisotopic (exact) mass is 243 g/mol. The fraction of sp³-hybridized carbons (Fsp3) is 0.143. The van der Waals surface area contributed by atoms with E-state index in [0.717, 1.165) is 0 Å². The Balaban J connectivity index is 0.00000196. The molecule has 0 aliphatic heterocycles. The molecule has 0 radical (unpaired) electrons. The molecule has 0 spiro atoms. The second-order valence-corrected chi connectivity index (χ2v) is 2.47. The second-order valence-electron chi connectivity index (χ2n) is 2.47. The number of hydrogen-bond acceptors (Lipinski definition) is 2. The number of aromatic nitrogens is 1. The quantitative estimate of drug-likeness (QED) is 0.450. The molecular formula is C7H6ClF4N3. The first-order chi connectivity index (χ1) is 6.32. The van der Waals surface area contributed by atoms with Crippen molar-refractivity contribution in [1.29, 1.82) is 5.41 Å². The van der Waals surface area contributed by atoms with E-state index in [2.05, 4.69) is 4.98 Å². The van der Waals surface area contributed by atoms with Crippen molar-refractivity contribution in [3.8, 4) is 0 Å². The molecule has 3 nitrogen and oxygen atoms in total. The van der Waals surface area contributed by atoms with Crippen molar-refractivity contribution in [2.75, 3.05) is 0 Å². The summed E-state index contributed by atoms with van der Waals surface area (Å²) >= 11 is 0. The summed E-state index contributed by atoms with van der Waals surface area (Å²) in [7, 11) is 0.